The Morgan fingerprint density at radius 2 is 1.69 bits per heavy atom. The molecule has 0 rings (SSSR count). The maximum atomic E-state index is 4.26. The van der Waals surface area contributed by atoms with E-state index in [1.807, 2.05) is 0 Å². The summed E-state index contributed by atoms with van der Waals surface area (Å²) in [6, 6.07) is 0.432. The molecule has 0 aliphatic heterocycles. The lowest BCUT2D eigenvalue weighted by Crippen LogP contribution is -1.96. The normalized spacial score (nSPS) is 13.8. The molecular weight excluding hydrogens is 160 g/mol. The Hall–Kier alpha value is -0.400. The summed E-state index contributed by atoms with van der Waals surface area (Å²) in [7, 11) is 0. The van der Waals surface area contributed by atoms with E-state index in [1.54, 1.807) is 0 Å². The monoisotopic (exact) mass is 184 g/mol. The van der Waals surface area contributed by atoms with Gasteiger partial charge in [0.1, 0.15) is 0 Å². The van der Waals surface area contributed by atoms with Gasteiger partial charge in [-0.15, -0.1) is 0 Å². The molecule has 0 aromatic rings. The van der Waals surface area contributed by atoms with Gasteiger partial charge in [-0.3, -0.25) is 0 Å². The molecule has 0 aromatic heterocycles. The average Bonchev–Trinajstić information content (AvgIpc) is 2.14. The van der Waals surface area contributed by atoms with Crippen LogP contribution in [0.15, 0.2) is 10.2 Å². The van der Waals surface area contributed by atoms with Gasteiger partial charge in [-0.2, -0.15) is 10.2 Å². The quantitative estimate of drug-likeness (QED) is 0.399. The zero-order valence-corrected chi connectivity index (χ0v) is 9.42. The predicted octanol–water partition coefficient (Wildman–Crippen LogP) is 4.21. The number of hydrogen-bond acceptors (Lipinski definition) is 2. The third-order valence-corrected chi connectivity index (χ3v) is 2.12. The van der Waals surface area contributed by atoms with Crippen LogP contribution in [0.25, 0.3) is 0 Å². The summed E-state index contributed by atoms with van der Waals surface area (Å²) in [6.07, 6.45) is 7.46. The molecule has 0 saturated carbocycles. The van der Waals surface area contributed by atoms with Crippen molar-refractivity contribution in [3.8, 4) is 0 Å². The van der Waals surface area contributed by atoms with Crippen LogP contribution in [0.5, 0.6) is 0 Å². The third kappa shape index (κ3) is 9.51. The first-order valence-corrected chi connectivity index (χ1v) is 5.67. The topological polar surface area (TPSA) is 24.7 Å². The fraction of sp³-hybridized carbons (Fsp3) is 1.00. The summed E-state index contributed by atoms with van der Waals surface area (Å²) in [6.45, 7) is 7.50. The van der Waals surface area contributed by atoms with Gasteiger partial charge in [-0.1, -0.05) is 39.5 Å². The molecular formula is C11H24N2. The van der Waals surface area contributed by atoms with Crippen molar-refractivity contribution in [2.24, 2.45) is 10.2 Å². The molecule has 0 aromatic carbocycles. The predicted molar refractivity (Wildman–Crippen MR) is 58.2 cm³/mol. The lowest BCUT2D eigenvalue weighted by atomic mass is 10.2. The summed E-state index contributed by atoms with van der Waals surface area (Å²) in [5.41, 5.74) is 0. The number of nitrogens with zero attached hydrogens (tertiary/aromatic N) is 2. The van der Waals surface area contributed by atoms with E-state index in [0.29, 0.717) is 6.04 Å². The van der Waals surface area contributed by atoms with E-state index < -0.39 is 0 Å². The van der Waals surface area contributed by atoms with Crippen molar-refractivity contribution in [2.75, 3.05) is 6.54 Å². The van der Waals surface area contributed by atoms with E-state index in [-0.39, 0.29) is 0 Å². The fourth-order valence-electron chi connectivity index (χ4n) is 1.19. The maximum absolute atomic E-state index is 4.26. The van der Waals surface area contributed by atoms with Crippen LogP contribution in [0.3, 0.4) is 0 Å². The first-order valence-electron chi connectivity index (χ1n) is 5.67. The Bertz CT molecular complexity index is 121. The van der Waals surface area contributed by atoms with Gasteiger partial charge >= 0.3 is 0 Å². The molecule has 0 aliphatic carbocycles. The van der Waals surface area contributed by atoms with Crippen LogP contribution < -0.4 is 0 Å². The van der Waals surface area contributed by atoms with Crippen LogP contribution in [0.2, 0.25) is 0 Å². The molecule has 78 valence electrons. The lowest BCUT2D eigenvalue weighted by Gasteiger charge is -2.02. The van der Waals surface area contributed by atoms with Crippen molar-refractivity contribution < 1.29 is 0 Å². The Labute approximate surface area is 82.8 Å². The van der Waals surface area contributed by atoms with Crippen molar-refractivity contribution in [3.63, 3.8) is 0 Å². The molecule has 0 saturated heterocycles. The van der Waals surface area contributed by atoms with Crippen LogP contribution in [0.4, 0.5) is 0 Å². The highest BCUT2D eigenvalue weighted by Gasteiger charge is 1.96. The second-order valence-corrected chi connectivity index (χ2v) is 3.68. The molecule has 0 radical (unpaired) electrons. The number of unbranched alkanes of at least 4 members (excludes halogenated alkanes) is 3. The molecule has 13 heavy (non-hydrogen) atoms. The van der Waals surface area contributed by atoms with E-state index in [0.717, 1.165) is 6.54 Å². The second kappa shape index (κ2) is 9.69. The maximum Gasteiger partial charge on any atom is 0.0680 e. The largest absolute Gasteiger partial charge is 0.194 e. The molecule has 0 bridgehead atoms. The number of hydrogen-bond donors (Lipinski definition) is 0. The zero-order valence-electron chi connectivity index (χ0n) is 9.42. The van der Waals surface area contributed by atoms with Crippen molar-refractivity contribution in [1.29, 1.82) is 0 Å². The lowest BCUT2D eigenvalue weighted by molar-refractivity contribution is 0.579. The first kappa shape index (κ1) is 12.6. The summed E-state index contributed by atoms with van der Waals surface area (Å²) in [5.74, 6) is 0. The molecule has 0 amide bonds. The van der Waals surface area contributed by atoms with Gasteiger partial charge in [-0.05, 0) is 19.8 Å². The van der Waals surface area contributed by atoms with Gasteiger partial charge in [0.2, 0.25) is 0 Å². The van der Waals surface area contributed by atoms with E-state index in [4.69, 9.17) is 0 Å². The van der Waals surface area contributed by atoms with Crippen molar-refractivity contribution in [2.45, 2.75) is 65.3 Å². The molecule has 2 nitrogen and oxygen atoms in total. The second-order valence-electron chi connectivity index (χ2n) is 3.68. The zero-order chi connectivity index (χ0) is 9.94. The standard InChI is InChI=1S/C11H24N2/c1-4-6-8-10-12-13-11(3)9-7-5-2/h11H,4-10H2,1-3H3. The molecule has 0 heterocycles. The molecule has 0 aliphatic rings. The third-order valence-electron chi connectivity index (χ3n) is 2.12. The molecule has 1 unspecified atom stereocenters. The van der Waals surface area contributed by atoms with Gasteiger partial charge in [0.25, 0.3) is 0 Å². The fourth-order valence-corrected chi connectivity index (χ4v) is 1.19. The highest BCUT2D eigenvalue weighted by atomic mass is 15.1. The van der Waals surface area contributed by atoms with Crippen molar-refractivity contribution >= 4 is 0 Å². The highest BCUT2D eigenvalue weighted by Crippen LogP contribution is 2.04. The average molecular weight is 184 g/mol. The van der Waals surface area contributed by atoms with E-state index in [9.17, 15) is 0 Å². The first-order chi connectivity index (χ1) is 6.31. The minimum Gasteiger partial charge on any atom is -0.194 e. The number of rotatable bonds is 8. The van der Waals surface area contributed by atoms with Gasteiger partial charge in [0.05, 0.1) is 12.6 Å². The molecule has 1 atom stereocenters. The molecule has 0 spiro atoms. The Morgan fingerprint density at radius 1 is 1.00 bits per heavy atom. The van der Waals surface area contributed by atoms with Crippen LogP contribution in [0, 0.1) is 0 Å². The van der Waals surface area contributed by atoms with E-state index >= 15 is 0 Å². The van der Waals surface area contributed by atoms with Crippen molar-refractivity contribution in [3.05, 3.63) is 0 Å². The Balaban J connectivity index is 3.25. The molecule has 0 fully saturated rings. The summed E-state index contributed by atoms with van der Waals surface area (Å²) >= 11 is 0. The molecule has 0 N–H and O–H groups in total. The van der Waals surface area contributed by atoms with Gasteiger partial charge in [-0.25, -0.2) is 0 Å². The van der Waals surface area contributed by atoms with E-state index in [1.165, 1.54) is 38.5 Å². The van der Waals surface area contributed by atoms with Crippen LogP contribution in [-0.2, 0) is 0 Å². The van der Waals surface area contributed by atoms with Crippen LogP contribution in [0.1, 0.15) is 59.3 Å². The Morgan fingerprint density at radius 3 is 2.31 bits per heavy atom. The summed E-state index contributed by atoms with van der Waals surface area (Å²) in [4.78, 5) is 0. The van der Waals surface area contributed by atoms with Gasteiger partial charge in [0.15, 0.2) is 0 Å². The van der Waals surface area contributed by atoms with Gasteiger partial charge < -0.3 is 0 Å². The summed E-state index contributed by atoms with van der Waals surface area (Å²) < 4.78 is 0. The highest BCUT2D eigenvalue weighted by molar-refractivity contribution is 4.56. The summed E-state index contributed by atoms with van der Waals surface area (Å²) in [5, 5.41) is 8.45. The van der Waals surface area contributed by atoms with Crippen LogP contribution in [-0.4, -0.2) is 12.6 Å². The number of azo groups is 1. The van der Waals surface area contributed by atoms with Crippen LogP contribution >= 0.6 is 0 Å². The minimum atomic E-state index is 0.432. The SMILES string of the molecule is CCCCCN=NC(C)CCCC. The minimum absolute atomic E-state index is 0.432. The van der Waals surface area contributed by atoms with E-state index in [2.05, 4.69) is 31.0 Å². The van der Waals surface area contributed by atoms with Gasteiger partial charge in [0, 0.05) is 0 Å². The van der Waals surface area contributed by atoms with Crippen molar-refractivity contribution in [1.82, 2.24) is 0 Å². The Kier molecular flexibility index (Phi) is 9.39. The molecule has 2 heteroatoms. The smallest absolute Gasteiger partial charge is 0.0680 e.